The Hall–Kier alpha value is -1.16. The molecule has 1 unspecified atom stereocenters. The molecular formula is C10H13NO2S. The third-order valence-electron chi connectivity index (χ3n) is 1.79. The second-order valence-corrected chi connectivity index (χ2v) is 4.34. The zero-order valence-electron chi connectivity index (χ0n) is 8.24. The smallest absolute Gasteiger partial charge is 0.159 e. The van der Waals surface area contributed by atoms with Crippen molar-refractivity contribution in [1.29, 1.82) is 0 Å². The minimum Gasteiger partial charge on any atom is -0.305 e. The van der Waals surface area contributed by atoms with Gasteiger partial charge in [0.15, 0.2) is 5.78 Å². The SMILES string of the molecule is CCS(=O)Nc1ccc(C(C)=O)cc1. The summed E-state index contributed by atoms with van der Waals surface area (Å²) in [5, 5.41) is 0. The van der Waals surface area contributed by atoms with E-state index in [2.05, 4.69) is 4.72 Å². The lowest BCUT2D eigenvalue weighted by molar-refractivity contribution is 0.101. The van der Waals surface area contributed by atoms with Gasteiger partial charge >= 0.3 is 0 Å². The molecule has 0 amide bonds. The van der Waals surface area contributed by atoms with Gasteiger partial charge in [0.05, 0.1) is 0 Å². The van der Waals surface area contributed by atoms with Gasteiger partial charge in [0, 0.05) is 17.0 Å². The quantitative estimate of drug-likeness (QED) is 0.774. The number of Topliss-reactive ketones (excluding diaryl/α,β-unsaturated/α-hetero) is 1. The van der Waals surface area contributed by atoms with Crippen LogP contribution in [-0.2, 0) is 11.0 Å². The van der Waals surface area contributed by atoms with Gasteiger partial charge in [-0.2, -0.15) is 0 Å². The van der Waals surface area contributed by atoms with E-state index in [-0.39, 0.29) is 5.78 Å². The van der Waals surface area contributed by atoms with Crippen molar-refractivity contribution in [2.45, 2.75) is 13.8 Å². The average molecular weight is 211 g/mol. The summed E-state index contributed by atoms with van der Waals surface area (Å²) in [7, 11) is -1.03. The van der Waals surface area contributed by atoms with E-state index in [1.807, 2.05) is 6.92 Å². The number of carbonyl (C=O) groups is 1. The molecule has 1 rings (SSSR count). The molecule has 0 aliphatic rings. The first-order valence-electron chi connectivity index (χ1n) is 4.39. The largest absolute Gasteiger partial charge is 0.305 e. The van der Waals surface area contributed by atoms with E-state index in [1.165, 1.54) is 6.92 Å². The Labute approximate surface area is 86.1 Å². The number of rotatable bonds is 4. The molecule has 0 bridgehead atoms. The summed E-state index contributed by atoms with van der Waals surface area (Å²) in [5.41, 5.74) is 1.44. The predicted molar refractivity (Wildman–Crippen MR) is 58.8 cm³/mol. The third-order valence-corrected chi connectivity index (χ3v) is 2.77. The summed E-state index contributed by atoms with van der Waals surface area (Å²) in [6.07, 6.45) is 0. The molecule has 3 nitrogen and oxygen atoms in total. The lowest BCUT2D eigenvalue weighted by Crippen LogP contribution is -2.06. The van der Waals surface area contributed by atoms with Crippen molar-refractivity contribution in [2.24, 2.45) is 0 Å². The van der Waals surface area contributed by atoms with Crippen LogP contribution < -0.4 is 4.72 Å². The van der Waals surface area contributed by atoms with Gasteiger partial charge in [0.2, 0.25) is 0 Å². The molecule has 1 N–H and O–H groups in total. The van der Waals surface area contributed by atoms with Crippen LogP contribution in [0.4, 0.5) is 5.69 Å². The molecule has 4 heteroatoms. The number of anilines is 1. The van der Waals surface area contributed by atoms with Gasteiger partial charge in [-0.05, 0) is 31.2 Å². The van der Waals surface area contributed by atoms with Gasteiger partial charge < -0.3 is 4.72 Å². The minimum absolute atomic E-state index is 0.0353. The molecule has 0 aromatic heterocycles. The maximum absolute atomic E-state index is 11.1. The van der Waals surface area contributed by atoms with Gasteiger partial charge in [0.1, 0.15) is 11.0 Å². The van der Waals surface area contributed by atoms with Gasteiger partial charge in [-0.25, -0.2) is 4.21 Å². The van der Waals surface area contributed by atoms with Crippen LogP contribution in [0, 0.1) is 0 Å². The van der Waals surface area contributed by atoms with Crippen molar-refractivity contribution < 1.29 is 9.00 Å². The maximum Gasteiger partial charge on any atom is 0.159 e. The van der Waals surface area contributed by atoms with Crippen LogP contribution in [0.25, 0.3) is 0 Å². The van der Waals surface area contributed by atoms with Crippen LogP contribution in [-0.4, -0.2) is 15.7 Å². The van der Waals surface area contributed by atoms with E-state index in [0.717, 1.165) is 5.69 Å². The number of nitrogens with one attached hydrogen (secondary N) is 1. The highest BCUT2D eigenvalue weighted by Crippen LogP contribution is 2.10. The molecule has 0 spiro atoms. The Bertz CT molecular complexity index is 346. The van der Waals surface area contributed by atoms with Crippen LogP contribution >= 0.6 is 0 Å². The van der Waals surface area contributed by atoms with Gasteiger partial charge in [-0.3, -0.25) is 4.79 Å². The lowest BCUT2D eigenvalue weighted by Gasteiger charge is -2.04. The lowest BCUT2D eigenvalue weighted by atomic mass is 10.1. The molecule has 1 aromatic rings. The second-order valence-electron chi connectivity index (χ2n) is 2.87. The Kier molecular flexibility index (Phi) is 3.83. The molecule has 0 heterocycles. The predicted octanol–water partition coefficient (Wildman–Crippen LogP) is 1.98. The van der Waals surface area contributed by atoms with Crippen LogP contribution in [0.3, 0.4) is 0 Å². The summed E-state index contributed by atoms with van der Waals surface area (Å²) >= 11 is 0. The molecule has 0 saturated heterocycles. The summed E-state index contributed by atoms with van der Waals surface area (Å²) in [4.78, 5) is 11.0. The molecule has 1 atom stereocenters. The number of carbonyl (C=O) groups excluding carboxylic acids is 1. The first-order valence-corrected chi connectivity index (χ1v) is 5.71. The molecule has 0 aliphatic carbocycles. The number of hydrogen-bond donors (Lipinski definition) is 1. The Morgan fingerprint density at radius 1 is 1.36 bits per heavy atom. The van der Waals surface area contributed by atoms with Gasteiger partial charge in [-0.1, -0.05) is 6.92 Å². The molecule has 0 aliphatic heterocycles. The van der Waals surface area contributed by atoms with E-state index >= 15 is 0 Å². The van der Waals surface area contributed by atoms with Gasteiger partial charge in [-0.15, -0.1) is 0 Å². The summed E-state index contributed by atoms with van der Waals surface area (Å²) in [5.74, 6) is 0.599. The van der Waals surface area contributed by atoms with Crippen molar-refractivity contribution in [3.8, 4) is 0 Å². The Morgan fingerprint density at radius 3 is 2.36 bits per heavy atom. The van der Waals surface area contributed by atoms with Gasteiger partial charge in [0.25, 0.3) is 0 Å². The van der Waals surface area contributed by atoms with Crippen molar-refractivity contribution in [2.75, 3.05) is 10.5 Å². The number of hydrogen-bond acceptors (Lipinski definition) is 2. The summed E-state index contributed by atoms with van der Waals surface area (Å²) in [6, 6.07) is 6.95. The third kappa shape index (κ3) is 2.96. The van der Waals surface area contributed by atoms with E-state index in [4.69, 9.17) is 0 Å². The second kappa shape index (κ2) is 4.91. The van der Waals surface area contributed by atoms with Crippen molar-refractivity contribution in [1.82, 2.24) is 0 Å². The summed E-state index contributed by atoms with van der Waals surface area (Å²) < 4.78 is 14.0. The number of ketones is 1. The average Bonchev–Trinajstić information content (AvgIpc) is 2.18. The highest BCUT2D eigenvalue weighted by atomic mass is 32.2. The van der Waals surface area contributed by atoms with Crippen molar-refractivity contribution >= 4 is 22.5 Å². The molecule has 0 radical (unpaired) electrons. The topological polar surface area (TPSA) is 46.2 Å². The van der Waals surface area contributed by atoms with E-state index in [9.17, 15) is 9.00 Å². The highest BCUT2D eigenvalue weighted by molar-refractivity contribution is 7.86. The monoisotopic (exact) mass is 211 g/mol. The first-order chi connectivity index (χ1) is 6.63. The molecule has 0 saturated carbocycles. The van der Waals surface area contributed by atoms with Crippen LogP contribution in [0.15, 0.2) is 24.3 Å². The zero-order valence-corrected chi connectivity index (χ0v) is 9.06. The van der Waals surface area contributed by atoms with Crippen LogP contribution in [0.1, 0.15) is 24.2 Å². The van der Waals surface area contributed by atoms with Crippen molar-refractivity contribution in [3.05, 3.63) is 29.8 Å². The molecule has 76 valence electrons. The fourth-order valence-electron chi connectivity index (χ4n) is 0.977. The van der Waals surface area contributed by atoms with E-state index in [1.54, 1.807) is 24.3 Å². The minimum atomic E-state index is -1.03. The molecule has 1 aromatic carbocycles. The molecular weight excluding hydrogens is 198 g/mol. The first kappa shape index (κ1) is 10.9. The zero-order chi connectivity index (χ0) is 10.6. The fourth-order valence-corrected chi connectivity index (χ4v) is 1.52. The molecule has 14 heavy (non-hydrogen) atoms. The standard InChI is InChI=1S/C10H13NO2S/c1-3-14(13)11-10-6-4-9(5-7-10)8(2)12/h4-7,11H,3H2,1-2H3. The number of benzene rings is 1. The van der Waals surface area contributed by atoms with Crippen LogP contribution in [0.2, 0.25) is 0 Å². The fraction of sp³-hybridized carbons (Fsp3) is 0.300. The van der Waals surface area contributed by atoms with Crippen molar-refractivity contribution in [3.63, 3.8) is 0 Å². The highest BCUT2D eigenvalue weighted by Gasteiger charge is 2.00. The van der Waals surface area contributed by atoms with E-state index in [0.29, 0.717) is 11.3 Å². The summed E-state index contributed by atoms with van der Waals surface area (Å²) in [6.45, 7) is 3.36. The Balaban J connectivity index is 2.73. The van der Waals surface area contributed by atoms with Crippen LogP contribution in [0.5, 0.6) is 0 Å². The Morgan fingerprint density at radius 2 is 1.93 bits per heavy atom. The van der Waals surface area contributed by atoms with E-state index < -0.39 is 11.0 Å². The molecule has 0 fully saturated rings. The normalized spacial score (nSPS) is 12.1. The maximum atomic E-state index is 11.1.